The van der Waals surface area contributed by atoms with Gasteiger partial charge in [-0.1, -0.05) is 336 Å². The molecule has 0 saturated heterocycles. The third-order valence-corrected chi connectivity index (χ3v) is 14.7. The Morgan fingerprint density at radius 1 is 0.316 bits per heavy atom. The summed E-state index contributed by atoms with van der Waals surface area (Å²) in [6.45, 7) is 4.07. The molecular weight excluding hydrogens is 933 g/mol. The van der Waals surface area contributed by atoms with Crippen LogP contribution in [0.25, 0.3) is 0 Å². The fraction of sp³-hybridized carbons (Fsp3) is 0.775. The van der Waals surface area contributed by atoms with Crippen LogP contribution in [0.3, 0.4) is 0 Å². The van der Waals surface area contributed by atoms with Gasteiger partial charge in [-0.2, -0.15) is 0 Å². The molecule has 5 heteroatoms. The van der Waals surface area contributed by atoms with Crippen molar-refractivity contribution in [2.75, 3.05) is 13.2 Å². The number of aliphatic hydroxyl groups is 1. The number of hydrogen-bond donors (Lipinski definition) is 1. The largest absolute Gasteiger partial charge is 0.462 e. The van der Waals surface area contributed by atoms with Crippen LogP contribution in [0.4, 0.5) is 0 Å². The highest BCUT2D eigenvalue weighted by atomic mass is 16.6. The maximum absolute atomic E-state index is 12.4. The van der Waals surface area contributed by atoms with Gasteiger partial charge in [0.25, 0.3) is 0 Å². The van der Waals surface area contributed by atoms with E-state index in [0.29, 0.717) is 12.8 Å². The average Bonchev–Trinajstić information content (AvgIpc) is 3.42. The molecule has 0 aromatic heterocycles. The molecule has 0 bridgehead atoms. The number of rotatable bonds is 61. The molecule has 0 heterocycles. The van der Waals surface area contributed by atoms with E-state index in [1.165, 1.54) is 225 Å². The first kappa shape index (κ1) is 73.1. The van der Waals surface area contributed by atoms with Crippen molar-refractivity contribution in [2.45, 2.75) is 341 Å². The summed E-state index contributed by atoms with van der Waals surface area (Å²) in [5.41, 5.74) is 0. The fourth-order valence-corrected chi connectivity index (χ4v) is 9.78. The van der Waals surface area contributed by atoms with Gasteiger partial charge in [0.2, 0.25) is 0 Å². The van der Waals surface area contributed by atoms with Crippen molar-refractivity contribution >= 4 is 11.9 Å². The van der Waals surface area contributed by atoms with Gasteiger partial charge in [-0.15, -0.1) is 0 Å². The molecule has 0 aliphatic rings. The van der Waals surface area contributed by atoms with Crippen LogP contribution in [-0.2, 0) is 19.1 Å². The van der Waals surface area contributed by atoms with Crippen LogP contribution in [0.5, 0.6) is 0 Å². The quantitative estimate of drug-likeness (QED) is 0.0373. The van der Waals surface area contributed by atoms with Gasteiger partial charge in [0.05, 0.1) is 6.61 Å². The minimum Gasteiger partial charge on any atom is -0.462 e. The number of aliphatic hydroxyl groups excluding tert-OH is 1. The molecule has 0 saturated carbocycles. The van der Waals surface area contributed by atoms with Gasteiger partial charge >= 0.3 is 11.9 Å². The summed E-state index contributed by atoms with van der Waals surface area (Å²) >= 11 is 0. The van der Waals surface area contributed by atoms with E-state index in [9.17, 15) is 14.7 Å². The second kappa shape index (κ2) is 66.4. The lowest BCUT2D eigenvalue weighted by Crippen LogP contribution is -2.28. The summed E-state index contributed by atoms with van der Waals surface area (Å²) in [5, 5.41) is 9.69. The molecule has 0 aliphatic heterocycles. The summed E-state index contributed by atoms with van der Waals surface area (Å²) in [6.07, 6.45) is 93.1. The predicted molar refractivity (Wildman–Crippen MR) is 334 cm³/mol. The average molecular weight is 1060 g/mol. The third kappa shape index (κ3) is 63.6. The van der Waals surface area contributed by atoms with Crippen LogP contribution in [0.1, 0.15) is 335 Å². The molecule has 0 spiro atoms. The molecular formula is C71H126O5. The zero-order valence-corrected chi connectivity index (χ0v) is 50.5. The Labute approximate surface area is 473 Å². The first-order chi connectivity index (χ1) is 37.6. The zero-order chi connectivity index (χ0) is 54.8. The molecule has 0 amide bonds. The van der Waals surface area contributed by atoms with Gasteiger partial charge in [0, 0.05) is 12.8 Å². The van der Waals surface area contributed by atoms with Gasteiger partial charge < -0.3 is 14.6 Å². The van der Waals surface area contributed by atoms with Crippen molar-refractivity contribution in [3.63, 3.8) is 0 Å². The molecule has 0 rings (SSSR count). The lowest BCUT2D eigenvalue weighted by atomic mass is 10.0. The Hall–Kier alpha value is -2.92. The van der Waals surface area contributed by atoms with E-state index < -0.39 is 6.10 Å². The number of allylic oxidation sites excluding steroid dienone is 14. The monoisotopic (exact) mass is 1060 g/mol. The lowest BCUT2D eigenvalue weighted by molar-refractivity contribution is -0.161. The van der Waals surface area contributed by atoms with E-state index in [2.05, 4.69) is 98.9 Å². The number of hydrogen-bond acceptors (Lipinski definition) is 5. The van der Waals surface area contributed by atoms with Gasteiger partial charge in [-0.3, -0.25) is 9.59 Å². The highest BCUT2D eigenvalue weighted by Crippen LogP contribution is 2.18. The van der Waals surface area contributed by atoms with Crippen molar-refractivity contribution in [3.8, 4) is 0 Å². The fourth-order valence-electron chi connectivity index (χ4n) is 9.78. The highest BCUT2D eigenvalue weighted by molar-refractivity contribution is 5.70. The Morgan fingerprint density at radius 2 is 0.566 bits per heavy atom. The van der Waals surface area contributed by atoms with Gasteiger partial charge in [-0.25, -0.2) is 0 Å². The Balaban J connectivity index is 3.45. The highest BCUT2D eigenvalue weighted by Gasteiger charge is 2.16. The SMILES string of the molecule is CC/C=C\C/C=C\C/C=C\C/C=C\C/C=C\C/C=C\C/C=C\CCCCCCCCCCCCCCCCCCCC(=O)OC(CO)COC(=O)CCCCCCCCCCCCCCCCCCCCCCCCC. The van der Waals surface area contributed by atoms with Crippen molar-refractivity contribution in [3.05, 3.63) is 85.1 Å². The molecule has 1 atom stereocenters. The van der Waals surface area contributed by atoms with Crippen LogP contribution < -0.4 is 0 Å². The Kier molecular flexibility index (Phi) is 63.8. The minimum absolute atomic E-state index is 0.0623. The number of unbranched alkanes of at least 4 members (excludes halogenated alkanes) is 39. The lowest BCUT2D eigenvalue weighted by Gasteiger charge is -2.15. The van der Waals surface area contributed by atoms with Crippen LogP contribution in [-0.4, -0.2) is 36.4 Å². The maximum Gasteiger partial charge on any atom is 0.306 e. The van der Waals surface area contributed by atoms with E-state index in [1.807, 2.05) is 0 Å². The number of carbonyl (C=O) groups is 2. The molecule has 76 heavy (non-hydrogen) atoms. The minimum atomic E-state index is -0.773. The van der Waals surface area contributed by atoms with Crippen LogP contribution >= 0.6 is 0 Å². The smallest absolute Gasteiger partial charge is 0.306 e. The van der Waals surface area contributed by atoms with Crippen LogP contribution in [0.2, 0.25) is 0 Å². The van der Waals surface area contributed by atoms with E-state index >= 15 is 0 Å². The molecule has 1 N–H and O–H groups in total. The molecule has 0 aromatic carbocycles. The standard InChI is InChI=1S/C71H126O5/c1-3-5-7-9-11-13-15-17-19-21-23-25-27-28-29-30-31-32-33-34-35-36-37-38-39-40-41-42-44-46-48-50-52-54-56-58-60-62-64-66-71(74)76-69(67-72)68-75-70(73)65-63-61-59-57-55-53-51-49-47-45-43-26-24-22-20-18-16-14-12-10-8-6-4-2/h5,7,11,13,17,19,23,25,28-29,31-32,34-35,69,72H,3-4,6,8-10,12,14-16,18,20-22,24,26-27,30,33,36-68H2,1-2H3/b7-5-,13-11-,19-17-,25-23-,29-28-,32-31-,35-34-. The second-order valence-corrected chi connectivity index (χ2v) is 22.2. The molecule has 0 fully saturated rings. The van der Waals surface area contributed by atoms with Gasteiger partial charge in [-0.05, 0) is 70.6 Å². The third-order valence-electron chi connectivity index (χ3n) is 14.7. The first-order valence-electron chi connectivity index (χ1n) is 33.1. The van der Waals surface area contributed by atoms with E-state index in [-0.39, 0.29) is 25.2 Å². The predicted octanol–water partition coefficient (Wildman–Crippen LogP) is 22.9. The molecule has 1 unspecified atom stereocenters. The number of ether oxygens (including phenoxy) is 2. The molecule has 5 nitrogen and oxygen atoms in total. The van der Waals surface area contributed by atoms with Crippen molar-refractivity contribution in [1.29, 1.82) is 0 Å². The van der Waals surface area contributed by atoms with E-state index in [4.69, 9.17) is 9.47 Å². The summed E-state index contributed by atoms with van der Waals surface area (Å²) < 4.78 is 10.7. The molecule has 0 aliphatic carbocycles. The zero-order valence-electron chi connectivity index (χ0n) is 50.5. The van der Waals surface area contributed by atoms with Crippen molar-refractivity contribution in [2.24, 2.45) is 0 Å². The molecule has 0 radical (unpaired) electrons. The van der Waals surface area contributed by atoms with Gasteiger partial charge in [0.15, 0.2) is 6.10 Å². The Bertz CT molecular complexity index is 1380. The first-order valence-corrected chi connectivity index (χ1v) is 33.1. The van der Waals surface area contributed by atoms with Gasteiger partial charge in [0.1, 0.15) is 6.61 Å². The van der Waals surface area contributed by atoms with Crippen LogP contribution in [0.15, 0.2) is 85.1 Å². The maximum atomic E-state index is 12.4. The second-order valence-electron chi connectivity index (χ2n) is 22.2. The Morgan fingerprint density at radius 3 is 0.855 bits per heavy atom. The summed E-state index contributed by atoms with van der Waals surface area (Å²) in [4.78, 5) is 24.6. The topological polar surface area (TPSA) is 72.8 Å². The normalized spacial score (nSPS) is 12.7. The van der Waals surface area contributed by atoms with E-state index in [0.717, 1.165) is 83.5 Å². The van der Waals surface area contributed by atoms with E-state index in [1.54, 1.807) is 0 Å². The molecule has 440 valence electrons. The number of carbonyl (C=O) groups excluding carboxylic acids is 2. The van der Waals surface area contributed by atoms with Crippen molar-refractivity contribution in [1.82, 2.24) is 0 Å². The van der Waals surface area contributed by atoms with Crippen molar-refractivity contribution < 1.29 is 24.2 Å². The molecule has 0 aromatic rings. The number of esters is 2. The summed E-state index contributed by atoms with van der Waals surface area (Å²) in [5.74, 6) is -0.573. The van der Waals surface area contributed by atoms with Crippen LogP contribution in [0, 0.1) is 0 Å². The summed E-state index contributed by atoms with van der Waals surface area (Å²) in [7, 11) is 0. The summed E-state index contributed by atoms with van der Waals surface area (Å²) in [6, 6.07) is 0.